The van der Waals surface area contributed by atoms with Gasteiger partial charge in [-0.05, 0) is 37.1 Å². The fourth-order valence-electron chi connectivity index (χ4n) is 2.29. The van der Waals surface area contributed by atoms with E-state index in [0.717, 1.165) is 5.69 Å². The lowest BCUT2D eigenvalue weighted by Crippen LogP contribution is -2.22. The number of carbonyl (C=O) groups excluding carboxylic acids is 1. The number of benzene rings is 1. The number of anilines is 4. The molecule has 0 saturated carbocycles. The van der Waals surface area contributed by atoms with Gasteiger partial charge in [-0.3, -0.25) is 0 Å². The molecule has 1 atom stereocenters. The number of ether oxygens (including phenoxy) is 2. The van der Waals surface area contributed by atoms with Gasteiger partial charge < -0.3 is 25.8 Å². The van der Waals surface area contributed by atoms with Crippen LogP contribution in [0.4, 0.5) is 23.0 Å². The smallest absolute Gasteiger partial charge is 0.338 e. The monoisotopic (exact) mass is 373 g/mol. The van der Waals surface area contributed by atoms with E-state index in [1.165, 1.54) is 6.33 Å². The van der Waals surface area contributed by atoms with Crippen LogP contribution in [-0.4, -0.2) is 42.3 Å². The first-order chi connectivity index (χ1) is 12.9. The van der Waals surface area contributed by atoms with Crippen LogP contribution >= 0.6 is 0 Å². The number of rotatable bonds is 9. The summed E-state index contributed by atoms with van der Waals surface area (Å²) in [5, 5.41) is 6.32. The van der Waals surface area contributed by atoms with E-state index in [1.807, 2.05) is 20.8 Å². The van der Waals surface area contributed by atoms with Crippen LogP contribution in [0, 0.1) is 5.92 Å². The van der Waals surface area contributed by atoms with Crippen molar-refractivity contribution < 1.29 is 14.3 Å². The van der Waals surface area contributed by atoms with E-state index in [9.17, 15) is 4.79 Å². The zero-order chi connectivity index (χ0) is 19.8. The molecule has 4 N–H and O–H groups in total. The standard InChI is InChI=1S/C19H27N5O3/c1-12(2)9-27-19(25)14-5-7-15(8-6-14)24-18-16(20)17(21-11-22-18)23-13(3)10-26-4/h5-8,11-13H,9-10,20H2,1-4H3,(H2,21,22,23,24). The molecule has 1 heterocycles. The molecule has 8 heteroatoms. The second kappa shape index (κ2) is 9.72. The van der Waals surface area contributed by atoms with Gasteiger partial charge in [0.1, 0.15) is 12.0 Å². The van der Waals surface area contributed by atoms with Crippen LogP contribution in [0.25, 0.3) is 0 Å². The lowest BCUT2D eigenvalue weighted by molar-refractivity contribution is 0.0459. The topological polar surface area (TPSA) is 111 Å². The quantitative estimate of drug-likeness (QED) is 0.575. The molecule has 0 saturated heterocycles. The molecule has 1 unspecified atom stereocenters. The maximum atomic E-state index is 12.0. The predicted molar refractivity (Wildman–Crippen MR) is 106 cm³/mol. The summed E-state index contributed by atoms with van der Waals surface area (Å²) >= 11 is 0. The molecule has 1 aromatic carbocycles. The van der Waals surface area contributed by atoms with Gasteiger partial charge in [0.25, 0.3) is 0 Å². The first kappa shape index (κ1) is 20.4. The number of nitrogens with one attached hydrogen (secondary N) is 2. The van der Waals surface area contributed by atoms with Crippen molar-refractivity contribution >= 4 is 29.0 Å². The average molecular weight is 373 g/mol. The lowest BCUT2D eigenvalue weighted by atomic mass is 10.2. The third-order valence-electron chi connectivity index (χ3n) is 3.61. The molecule has 0 amide bonds. The molecule has 0 spiro atoms. The van der Waals surface area contributed by atoms with E-state index in [-0.39, 0.29) is 12.0 Å². The molecule has 0 aliphatic carbocycles. The van der Waals surface area contributed by atoms with Gasteiger partial charge in [-0.1, -0.05) is 13.8 Å². The minimum absolute atomic E-state index is 0.0520. The van der Waals surface area contributed by atoms with Crippen LogP contribution in [0.2, 0.25) is 0 Å². The summed E-state index contributed by atoms with van der Waals surface area (Å²) in [5.41, 5.74) is 7.80. The van der Waals surface area contributed by atoms with E-state index >= 15 is 0 Å². The van der Waals surface area contributed by atoms with Crippen molar-refractivity contribution in [1.29, 1.82) is 0 Å². The third-order valence-corrected chi connectivity index (χ3v) is 3.61. The molecular formula is C19H27N5O3. The first-order valence-corrected chi connectivity index (χ1v) is 8.80. The van der Waals surface area contributed by atoms with Gasteiger partial charge in [0.2, 0.25) is 0 Å². The number of carbonyl (C=O) groups is 1. The predicted octanol–water partition coefficient (Wildman–Crippen LogP) is 3.06. The molecule has 8 nitrogen and oxygen atoms in total. The molecular weight excluding hydrogens is 346 g/mol. The van der Waals surface area contributed by atoms with E-state index in [0.29, 0.717) is 42.0 Å². The van der Waals surface area contributed by atoms with Gasteiger partial charge >= 0.3 is 5.97 Å². The summed E-state index contributed by atoms with van der Waals surface area (Å²) in [5.74, 6) is 0.971. The second-order valence-electron chi connectivity index (χ2n) is 6.68. The first-order valence-electron chi connectivity index (χ1n) is 8.80. The van der Waals surface area contributed by atoms with Gasteiger partial charge in [-0.15, -0.1) is 0 Å². The molecule has 0 aliphatic heterocycles. The average Bonchev–Trinajstić information content (AvgIpc) is 2.64. The highest BCUT2D eigenvalue weighted by molar-refractivity contribution is 5.90. The summed E-state index contributed by atoms with van der Waals surface area (Å²) in [6, 6.07) is 6.99. The van der Waals surface area contributed by atoms with Gasteiger partial charge in [-0.25, -0.2) is 14.8 Å². The Bertz CT molecular complexity index is 750. The second-order valence-corrected chi connectivity index (χ2v) is 6.68. The molecule has 0 fully saturated rings. The summed E-state index contributed by atoms with van der Waals surface area (Å²) in [7, 11) is 1.64. The molecule has 0 radical (unpaired) electrons. The largest absolute Gasteiger partial charge is 0.462 e. The summed E-state index contributed by atoms with van der Waals surface area (Å²) in [4.78, 5) is 20.3. The maximum absolute atomic E-state index is 12.0. The zero-order valence-corrected chi connectivity index (χ0v) is 16.2. The van der Waals surface area contributed by atoms with Crippen molar-refractivity contribution in [2.24, 2.45) is 5.92 Å². The number of nitrogens with two attached hydrogens (primary N) is 1. The maximum Gasteiger partial charge on any atom is 0.338 e. The summed E-state index contributed by atoms with van der Waals surface area (Å²) in [6.45, 7) is 6.88. The Labute approximate surface area is 159 Å². The highest BCUT2D eigenvalue weighted by Crippen LogP contribution is 2.26. The number of methoxy groups -OCH3 is 1. The fourth-order valence-corrected chi connectivity index (χ4v) is 2.29. The Kier molecular flexibility index (Phi) is 7.36. The molecule has 27 heavy (non-hydrogen) atoms. The minimum Gasteiger partial charge on any atom is -0.462 e. The Balaban J connectivity index is 2.05. The molecule has 0 aliphatic rings. The van der Waals surface area contributed by atoms with Crippen LogP contribution in [-0.2, 0) is 9.47 Å². The van der Waals surface area contributed by atoms with E-state index in [2.05, 4.69) is 20.6 Å². The summed E-state index contributed by atoms with van der Waals surface area (Å²) in [6.07, 6.45) is 1.43. The van der Waals surface area contributed by atoms with Crippen LogP contribution in [0.15, 0.2) is 30.6 Å². The Hall–Kier alpha value is -2.87. The normalized spacial score (nSPS) is 11.9. The van der Waals surface area contributed by atoms with Crippen LogP contribution < -0.4 is 16.4 Å². The number of aromatic nitrogens is 2. The summed E-state index contributed by atoms with van der Waals surface area (Å²) < 4.78 is 10.3. The Morgan fingerprint density at radius 3 is 2.41 bits per heavy atom. The van der Waals surface area contributed by atoms with Crippen molar-refractivity contribution in [2.45, 2.75) is 26.8 Å². The van der Waals surface area contributed by atoms with Crippen LogP contribution in [0.5, 0.6) is 0 Å². The van der Waals surface area contributed by atoms with Crippen molar-refractivity contribution in [1.82, 2.24) is 9.97 Å². The van der Waals surface area contributed by atoms with Crippen molar-refractivity contribution in [3.05, 3.63) is 36.2 Å². The Morgan fingerprint density at radius 2 is 1.78 bits per heavy atom. The molecule has 146 valence electrons. The number of hydrogen-bond acceptors (Lipinski definition) is 8. The number of nitrogen functional groups attached to an aromatic ring is 1. The number of hydrogen-bond donors (Lipinski definition) is 3. The van der Waals surface area contributed by atoms with Crippen molar-refractivity contribution in [3.8, 4) is 0 Å². The SMILES string of the molecule is COCC(C)Nc1ncnc(Nc2ccc(C(=O)OCC(C)C)cc2)c1N. The molecule has 2 aromatic rings. The molecule has 1 aromatic heterocycles. The highest BCUT2D eigenvalue weighted by Gasteiger charge is 2.12. The zero-order valence-electron chi connectivity index (χ0n) is 16.2. The van der Waals surface area contributed by atoms with Gasteiger partial charge in [-0.2, -0.15) is 0 Å². The number of nitrogens with zero attached hydrogens (tertiary/aromatic N) is 2. The van der Waals surface area contributed by atoms with E-state index < -0.39 is 0 Å². The fraction of sp³-hybridized carbons (Fsp3) is 0.421. The van der Waals surface area contributed by atoms with E-state index in [1.54, 1.807) is 31.4 Å². The van der Waals surface area contributed by atoms with E-state index in [4.69, 9.17) is 15.2 Å². The third kappa shape index (κ3) is 6.10. The molecule has 2 rings (SSSR count). The minimum atomic E-state index is -0.338. The van der Waals surface area contributed by atoms with Crippen LogP contribution in [0.1, 0.15) is 31.1 Å². The van der Waals surface area contributed by atoms with Gasteiger partial charge in [0.15, 0.2) is 11.6 Å². The van der Waals surface area contributed by atoms with Crippen LogP contribution in [0.3, 0.4) is 0 Å². The highest BCUT2D eigenvalue weighted by atomic mass is 16.5. The lowest BCUT2D eigenvalue weighted by Gasteiger charge is -2.16. The Morgan fingerprint density at radius 1 is 1.11 bits per heavy atom. The van der Waals surface area contributed by atoms with Crippen molar-refractivity contribution in [2.75, 3.05) is 36.7 Å². The molecule has 0 bridgehead atoms. The van der Waals surface area contributed by atoms with Gasteiger partial charge in [0, 0.05) is 18.8 Å². The van der Waals surface area contributed by atoms with Gasteiger partial charge in [0.05, 0.1) is 18.8 Å². The van der Waals surface area contributed by atoms with Crippen molar-refractivity contribution in [3.63, 3.8) is 0 Å². The number of esters is 1.